The number of halogens is 1. The van der Waals surface area contributed by atoms with E-state index in [1.165, 1.54) is 0 Å². The summed E-state index contributed by atoms with van der Waals surface area (Å²) in [5.74, 6) is 0. The van der Waals surface area contributed by atoms with Crippen LogP contribution in [-0.4, -0.2) is 13.6 Å². The maximum absolute atomic E-state index is 9.55. The molecule has 0 rings (SSSR count). The summed E-state index contributed by atoms with van der Waals surface area (Å²) >= 11 is 2.77. The van der Waals surface area contributed by atoms with Crippen molar-refractivity contribution in [1.82, 2.24) is 0 Å². The van der Waals surface area contributed by atoms with Crippen LogP contribution in [0.4, 0.5) is 0 Å². The third-order valence-corrected chi connectivity index (χ3v) is 1.04. The van der Waals surface area contributed by atoms with Gasteiger partial charge in [0.05, 0.1) is 0 Å². The minimum Gasteiger partial charge on any atom is -0.304 e. The molecule has 0 saturated carbocycles. The zero-order valence-corrected chi connectivity index (χ0v) is 4.37. The molecule has 0 heterocycles. The first kappa shape index (κ1) is 6.36. The van der Waals surface area contributed by atoms with Crippen LogP contribution in [0.15, 0.2) is 0 Å². The van der Waals surface area contributed by atoms with Crippen molar-refractivity contribution in [2.24, 2.45) is 5.73 Å². The van der Waals surface area contributed by atoms with Gasteiger partial charge in [0.25, 0.3) is 0 Å². The van der Waals surface area contributed by atoms with Crippen molar-refractivity contribution in [3.8, 4) is 0 Å². The third kappa shape index (κ3) is 2.59. The zero-order chi connectivity index (χ0) is 5.15. The Morgan fingerprint density at radius 1 is 2.00 bits per heavy atom. The molecule has 0 amide bonds. The minimum absolute atomic E-state index is 1.15. The Hall–Kier alpha value is 0.360. The predicted molar refractivity (Wildman–Crippen MR) is 24.6 cm³/mol. The molecule has 0 aromatic rings. The monoisotopic (exact) mass is 129 g/mol. The third-order valence-electron chi connectivity index (χ3n) is 0.193. The van der Waals surface area contributed by atoms with E-state index in [9.17, 15) is 4.21 Å². The highest BCUT2D eigenvalue weighted by Gasteiger charge is 1.99. The van der Waals surface area contributed by atoms with Crippen molar-refractivity contribution in [1.29, 1.82) is 0 Å². The summed E-state index contributed by atoms with van der Waals surface area (Å²) in [5.41, 5.74) is 4.65. The van der Waals surface area contributed by atoms with Crippen molar-refractivity contribution in [3.63, 3.8) is 0 Å². The lowest BCUT2D eigenvalue weighted by molar-refractivity contribution is 0.561. The summed E-state index contributed by atoms with van der Waals surface area (Å²) in [7, 11) is 0. The summed E-state index contributed by atoms with van der Waals surface area (Å²) in [6, 6.07) is 0. The second kappa shape index (κ2) is 2.52. The van der Waals surface area contributed by atoms with Gasteiger partial charge in [0.2, 0.25) is 0 Å². The van der Waals surface area contributed by atoms with E-state index in [0.717, 1.165) is 0 Å². The number of hydrogen-bond acceptors (Lipinski definition) is 2. The second-order valence-electron chi connectivity index (χ2n) is 0.627. The van der Waals surface area contributed by atoms with E-state index in [2.05, 4.69) is 5.73 Å². The van der Waals surface area contributed by atoms with Crippen molar-refractivity contribution < 1.29 is 8.76 Å². The molecule has 0 aromatic carbocycles. The lowest BCUT2D eigenvalue weighted by Gasteiger charge is -1.88. The standard InChI is InChI=1S/CH4ClNO2S/c2-1(3)6(4)5/h1H,3H2,(H,4,5). The van der Waals surface area contributed by atoms with Gasteiger partial charge in [-0.05, 0) is 0 Å². The van der Waals surface area contributed by atoms with E-state index in [1.807, 2.05) is 0 Å². The van der Waals surface area contributed by atoms with Gasteiger partial charge in [-0.1, -0.05) is 11.6 Å². The van der Waals surface area contributed by atoms with Crippen LogP contribution in [0.1, 0.15) is 0 Å². The van der Waals surface area contributed by atoms with Crippen molar-refractivity contribution in [3.05, 3.63) is 0 Å². The molecule has 0 spiro atoms. The Morgan fingerprint density at radius 2 is 2.17 bits per heavy atom. The molecule has 0 saturated heterocycles. The van der Waals surface area contributed by atoms with Gasteiger partial charge >= 0.3 is 0 Å². The van der Waals surface area contributed by atoms with E-state index in [-0.39, 0.29) is 0 Å². The van der Waals surface area contributed by atoms with Gasteiger partial charge in [0, 0.05) is 0 Å². The Kier molecular flexibility index (Phi) is 2.67. The molecule has 0 aliphatic rings. The Morgan fingerprint density at radius 3 is 2.17 bits per heavy atom. The van der Waals surface area contributed by atoms with E-state index < -0.39 is 15.9 Å². The van der Waals surface area contributed by atoms with Crippen LogP contribution < -0.4 is 5.73 Å². The topological polar surface area (TPSA) is 63.3 Å². The predicted octanol–water partition coefficient (Wildman–Crippen LogP) is -0.311. The van der Waals surface area contributed by atoms with Crippen LogP contribution >= 0.6 is 11.6 Å². The largest absolute Gasteiger partial charge is 0.304 e. The summed E-state index contributed by atoms with van der Waals surface area (Å²) < 4.78 is 17.4. The van der Waals surface area contributed by atoms with Crippen LogP contribution in [-0.2, 0) is 11.1 Å². The fourth-order valence-corrected chi connectivity index (χ4v) is 0. The van der Waals surface area contributed by atoms with Gasteiger partial charge in [-0.15, -0.1) is 0 Å². The van der Waals surface area contributed by atoms with Crippen LogP contribution in [0.25, 0.3) is 0 Å². The Bertz CT molecular complexity index is 64.6. The molecule has 0 aliphatic heterocycles. The number of alkyl halides is 1. The second-order valence-corrected chi connectivity index (χ2v) is 2.42. The van der Waals surface area contributed by atoms with Crippen molar-refractivity contribution in [2.45, 2.75) is 4.83 Å². The lowest BCUT2D eigenvalue weighted by Crippen LogP contribution is -2.16. The molecular weight excluding hydrogens is 126 g/mol. The molecule has 2 atom stereocenters. The van der Waals surface area contributed by atoms with E-state index >= 15 is 0 Å². The van der Waals surface area contributed by atoms with Crippen LogP contribution in [0, 0.1) is 0 Å². The van der Waals surface area contributed by atoms with Crippen molar-refractivity contribution >= 4 is 22.7 Å². The first-order valence-corrected chi connectivity index (χ1v) is 2.74. The Balaban J connectivity index is 3.26. The minimum atomic E-state index is -2.07. The fourth-order valence-electron chi connectivity index (χ4n) is 0. The maximum atomic E-state index is 9.55. The van der Waals surface area contributed by atoms with Gasteiger partial charge in [-0.2, -0.15) is 0 Å². The van der Waals surface area contributed by atoms with Gasteiger partial charge in [-0.3, -0.25) is 0 Å². The summed E-state index contributed by atoms with van der Waals surface area (Å²) in [6.45, 7) is 0. The highest BCUT2D eigenvalue weighted by Crippen LogP contribution is 1.86. The molecule has 0 fully saturated rings. The summed E-state index contributed by atoms with van der Waals surface area (Å²) in [6.07, 6.45) is 0. The van der Waals surface area contributed by atoms with Crippen LogP contribution in [0.5, 0.6) is 0 Å². The normalized spacial score (nSPS) is 19.8. The molecule has 3 N–H and O–H groups in total. The molecule has 2 unspecified atom stereocenters. The maximum Gasteiger partial charge on any atom is 0.186 e. The number of rotatable bonds is 1. The number of nitrogens with two attached hydrogens (primary N) is 1. The van der Waals surface area contributed by atoms with Gasteiger partial charge in [0.1, 0.15) is 0 Å². The van der Waals surface area contributed by atoms with E-state index in [1.54, 1.807) is 0 Å². The quantitative estimate of drug-likeness (QED) is 0.290. The SMILES string of the molecule is NC(Cl)S(=O)O. The molecule has 3 nitrogen and oxygen atoms in total. The molecule has 0 radical (unpaired) electrons. The average Bonchev–Trinajstić information content (AvgIpc) is 1.36. The first-order valence-electron chi connectivity index (χ1n) is 1.14. The molecule has 0 aliphatic carbocycles. The zero-order valence-electron chi connectivity index (χ0n) is 2.80. The van der Waals surface area contributed by atoms with Crippen molar-refractivity contribution in [2.75, 3.05) is 0 Å². The molecule has 0 aromatic heterocycles. The van der Waals surface area contributed by atoms with Gasteiger partial charge in [-0.25, -0.2) is 4.21 Å². The summed E-state index contributed by atoms with van der Waals surface area (Å²) in [5, 5.41) is 0. The molecule has 5 heteroatoms. The molecule has 38 valence electrons. The van der Waals surface area contributed by atoms with Crippen LogP contribution in [0.2, 0.25) is 0 Å². The highest BCUT2D eigenvalue weighted by molar-refractivity contribution is 7.81. The molecular formula is CH4ClNO2S. The van der Waals surface area contributed by atoms with E-state index in [4.69, 9.17) is 16.2 Å². The van der Waals surface area contributed by atoms with Gasteiger partial charge in [0.15, 0.2) is 15.9 Å². The van der Waals surface area contributed by atoms with E-state index in [0.29, 0.717) is 0 Å². The average molecular weight is 130 g/mol. The molecule has 0 bridgehead atoms. The Labute approximate surface area is 42.8 Å². The first-order chi connectivity index (χ1) is 2.64. The fraction of sp³-hybridized carbons (Fsp3) is 1.00. The van der Waals surface area contributed by atoms with Gasteiger partial charge < -0.3 is 10.3 Å². The highest BCUT2D eigenvalue weighted by atomic mass is 35.5. The van der Waals surface area contributed by atoms with Crippen LogP contribution in [0.3, 0.4) is 0 Å². The lowest BCUT2D eigenvalue weighted by atomic mass is 11.5. The smallest absolute Gasteiger partial charge is 0.186 e. The summed E-state index contributed by atoms with van der Waals surface area (Å²) in [4.78, 5) is -1.15. The molecule has 6 heavy (non-hydrogen) atoms. The number of hydrogen-bond donors (Lipinski definition) is 2.